The normalized spacial score (nSPS) is 24.3. The molecule has 2 aliphatic heterocycles. The van der Waals surface area contributed by atoms with Crippen LogP contribution in [0, 0.1) is 5.92 Å². The Morgan fingerprint density at radius 1 is 1.29 bits per heavy atom. The summed E-state index contributed by atoms with van der Waals surface area (Å²) in [6.45, 7) is 5.66. The van der Waals surface area contributed by atoms with Gasteiger partial charge in [-0.1, -0.05) is 6.92 Å². The molecule has 0 radical (unpaired) electrons. The van der Waals surface area contributed by atoms with Crippen molar-refractivity contribution in [3.05, 3.63) is 42.2 Å². The SMILES string of the molecule is CCc1ccc(C(=O)N2CC[C@H]3[C@H](C[C@@H](Cn4cncn4)N3C(C)=O)C2)cn1. The number of likely N-dealkylation sites (tertiary alicyclic amines) is 2. The summed E-state index contributed by atoms with van der Waals surface area (Å²) in [7, 11) is 0. The number of hydrogen-bond acceptors (Lipinski definition) is 5. The van der Waals surface area contributed by atoms with Crippen LogP contribution in [0.3, 0.4) is 0 Å². The first-order valence-corrected chi connectivity index (χ1v) is 9.92. The van der Waals surface area contributed by atoms with E-state index in [1.54, 1.807) is 24.1 Å². The summed E-state index contributed by atoms with van der Waals surface area (Å²) in [6.07, 6.45) is 7.42. The van der Waals surface area contributed by atoms with Crippen molar-refractivity contribution in [1.29, 1.82) is 0 Å². The maximum Gasteiger partial charge on any atom is 0.255 e. The Kier molecular flexibility index (Phi) is 5.11. The number of fused-ring (bicyclic) bond motifs is 1. The zero-order valence-corrected chi connectivity index (χ0v) is 16.4. The maximum absolute atomic E-state index is 12.9. The van der Waals surface area contributed by atoms with Gasteiger partial charge in [-0.3, -0.25) is 19.3 Å². The van der Waals surface area contributed by atoms with E-state index in [0.717, 1.165) is 25.0 Å². The van der Waals surface area contributed by atoms with Crippen LogP contribution in [-0.4, -0.2) is 66.5 Å². The molecule has 2 aromatic rings. The van der Waals surface area contributed by atoms with Crippen molar-refractivity contribution in [2.24, 2.45) is 5.92 Å². The molecule has 0 bridgehead atoms. The maximum atomic E-state index is 12.9. The molecule has 2 saturated heterocycles. The fourth-order valence-corrected chi connectivity index (χ4v) is 4.67. The largest absolute Gasteiger partial charge is 0.338 e. The minimum Gasteiger partial charge on any atom is -0.338 e. The number of carbonyl (C=O) groups excluding carboxylic acids is 2. The molecule has 2 aliphatic rings. The zero-order valence-electron chi connectivity index (χ0n) is 16.4. The van der Waals surface area contributed by atoms with Gasteiger partial charge in [0.05, 0.1) is 18.2 Å². The van der Waals surface area contributed by atoms with Crippen LogP contribution in [0.25, 0.3) is 0 Å². The van der Waals surface area contributed by atoms with Gasteiger partial charge in [0, 0.05) is 37.9 Å². The second kappa shape index (κ2) is 7.69. The van der Waals surface area contributed by atoms with Crippen molar-refractivity contribution in [3.63, 3.8) is 0 Å². The van der Waals surface area contributed by atoms with Gasteiger partial charge in [-0.15, -0.1) is 0 Å². The molecule has 4 rings (SSSR count). The van der Waals surface area contributed by atoms with Crippen molar-refractivity contribution >= 4 is 11.8 Å². The highest BCUT2D eigenvalue weighted by Gasteiger charge is 2.46. The Hall–Kier alpha value is -2.77. The van der Waals surface area contributed by atoms with E-state index in [4.69, 9.17) is 0 Å². The average Bonchev–Trinajstić information content (AvgIpc) is 3.34. The predicted molar refractivity (Wildman–Crippen MR) is 102 cm³/mol. The minimum atomic E-state index is 0.0303. The van der Waals surface area contributed by atoms with Crippen LogP contribution < -0.4 is 0 Å². The molecule has 2 amide bonds. The van der Waals surface area contributed by atoms with Gasteiger partial charge in [-0.05, 0) is 37.3 Å². The van der Waals surface area contributed by atoms with Gasteiger partial charge in [0.15, 0.2) is 0 Å². The molecule has 3 atom stereocenters. The van der Waals surface area contributed by atoms with Gasteiger partial charge in [0.1, 0.15) is 12.7 Å². The second-order valence-electron chi connectivity index (χ2n) is 7.69. The number of carbonyl (C=O) groups is 2. The van der Waals surface area contributed by atoms with E-state index in [9.17, 15) is 9.59 Å². The summed E-state index contributed by atoms with van der Waals surface area (Å²) in [6, 6.07) is 4.07. The van der Waals surface area contributed by atoms with E-state index < -0.39 is 0 Å². The summed E-state index contributed by atoms with van der Waals surface area (Å²) >= 11 is 0. The molecule has 0 spiro atoms. The van der Waals surface area contributed by atoms with Gasteiger partial charge in [-0.2, -0.15) is 5.10 Å². The summed E-state index contributed by atoms with van der Waals surface area (Å²) in [5.41, 5.74) is 1.62. The molecular formula is C20H26N6O2. The number of pyridine rings is 1. The number of hydrogen-bond donors (Lipinski definition) is 0. The first kappa shape index (κ1) is 18.6. The lowest BCUT2D eigenvalue weighted by Gasteiger charge is -2.38. The molecule has 2 aromatic heterocycles. The molecule has 0 unspecified atom stereocenters. The standard InChI is InChI=1S/C20H26N6O2/c1-3-17-5-4-15(9-22-17)20(28)24-7-6-19-16(10-24)8-18(26(19)14(2)27)11-25-13-21-12-23-25/h4-5,9,12-13,16,18-19H,3,6-8,10-11H2,1-2H3/t16-,18+,19+/m1/s1. The molecule has 0 N–H and O–H groups in total. The molecular weight excluding hydrogens is 356 g/mol. The number of piperidine rings is 1. The first-order chi connectivity index (χ1) is 13.6. The first-order valence-electron chi connectivity index (χ1n) is 9.92. The monoisotopic (exact) mass is 382 g/mol. The van der Waals surface area contributed by atoms with Crippen molar-refractivity contribution < 1.29 is 9.59 Å². The number of aromatic nitrogens is 4. The third-order valence-electron chi connectivity index (χ3n) is 5.97. The van der Waals surface area contributed by atoms with Gasteiger partial charge in [0.25, 0.3) is 5.91 Å². The molecule has 28 heavy (non-hydrogen) atoms. The molecule has 2 fully saturated rings. The third-order valence-corrected chi connectivity index (χ3v) is 5.97. The van der Waals surface area contributed by atoms with Gasteiger partial charge in [0.2, 0.25) is 5.91 Å². The smallest absolute Gasteiger partial charge is 0.255 e. The van der Waals surface area contributed by atoms with Crippen molar-refractivity contribution in [2.45, 2.75) is 51.7 Å². The van der Waals surface area contributed by atoms with Crippen LogP contribution in [0.5, 0.6) is 0 Å². The van der Waals surface area contributed by atoms with Gasteiger partial charge < -0.3 is 9.80 Å². The van der Waals surface area contributed by atoms with E-state index in [-0.39, 0.29) is 29.8 Å². The molecule has 0 saturated carbocycles. The van der Waals surface area contributed by atoms with Crippen molar-refractivity contribution in [3.8, 4) is 0 Å². The molecule has 0 aromatic carbocycles. The summed E-state index contributed by atoms with van der Waals surface area (Å²) in [5.74, 6) is 0.414. The third kappa shape index (κ3) is 3.50. The number of amides is 2. The van der Waals surface area contributed by atoms with E-state index >= 15 is 0 Å². The lowest BCUT2D eigenvalue weighted by atomic mass is 9.91. The fourth-order valence-electron chi connectivity index (χ4n) is 4.67. The zero-order chi connectivity index (χ0) is 19.7. The Labute approximate surface area is 164 Å². The van der Waals surface area contributed by atoms with Crippen LogP contribution in [-0.2, 0) is 17.8 Å². The highest BCUT2D eigenvalue weighted by atomic mass is 16.2. The van der Waals surface area contributed by atoms with E-state index in [1.807, 2.05) is 28.9 Å². The number of aryl methyl sites for hydroxylation is 1. The minimum absolute atomic E-state index is 0.0303. The fraction of sp³-hybridized carbons (Fsp3) is 0.550. The van der Waals surface area contributed by atoms with Crippen LogP contribution >= 0.6 is 0 Å². The lowest BCUT2D eigenvalue weighted by Crippen LogP contribution is -2.50. The van der Waals surface area contributed by atoms with E-state index in [1.165, 1.54) is 6.33 Å². The summed E-state index contributed by atoms with van der Waals surface area (Å²) in [5, 5.41) is 4.18. The van der Waals surface area contributed by atoms with Crippen molar-refractivity contribution in [1.82, 2.24) is 29.5 Å². The summed E-state index contributed by atoms with van der Waals surface area (Å²) < 4.78 is 1.78. The molecule has 8 nitrogen and oxygen atoms in total. The Balaban J connectivity index is 1.47. The van der Waals surface area contributed by atoms with Crippen LogP contribution in [0.1, 0.15) is 42.7 Å². The van der Waals surface area contributed by atoms with E-state index in [2.05, 4.69) is 15.1 Å². The Morgan fingerprint density at radius 3 is 2.79 bits per heavy atom. The summed E-state index contributed by atoms with van der Waals surface area (Å²) in [4.78, 5) is 37.5. The molecule has 0 aliphatic carbocycles. The molecule has 8 heteroatoms. The topological polar surface area (TPSA) is 84.2 Å². The van der Waals surface area contributed by atoms with Crippen molar-refractivity contribution in [2.75, 3.05) is 13.1 Å². The Morgan fingerprint density at radius 2 is 2.14 bits per heavy atom. The van der Waals surface area contributed by atoms with Crippen LogP contribution in [0.4, 0.5) is 0 Å². The number of nitrogens with zero attached hydrogens (tertiary/aromatic N) is 6. The molecule has 148 valence electrons. The molecule has 4 heterocycles. The quantitative estimate of drug-likeness (QED) is 0.798. The Bertz CT molecular complexity index is 835. The van der Waals surface area contributed by atoms with Gasteiger partial charge in [-0.25, -0.2) is 4.98 Å². The van der Waals surface area contributed by atoms with Crippen LogP contribution in [0.15, 0.2) is 31.0 Å². The predicted octanol–water partition coefficient (Wildman–Crippen LogP) is 1.39. The average molecular weight is 382 g/mol. The van der Waals surface area contributed by atoms with E-state index in [0.29, 0.717) is 25.2 Å². The second-order valence-corrected chi connectivity index (χ2v) is 7.69. The highest BCUT2D eigenvalue weighted by Crippen LogP contribution is 2.36. The van der Waals surface area contributed by atoms with Gasteiger partial charge >= 0.3 is 0 Å². The number of rotatable bonds is 4. The highest BCUT2D eigenvalue weighted by molar-refractivity contribution is 5.94. The van der Waals surface area contributed by atoms with Crippen LogP contribution in [0.2, 0.25) is 0 Å². The lowest BCUT2D eigenvalue weighted by molar-refractivity contribution is -0.132.